The van der Waals surface area contributed by atoms with E-state index in [0.717, 1.165) is 4.47 Å². The molecular formula is C16H24BrCuNSi. The number of aromatic nitrogens is 1. The summed E-state index contributed by atoms with van der Waals surface area (Å²) >= 11 is 3.22. The molecule has 0 saturated carbocycles. The summed E-state index contributed by atoms with van der Waals surface area (Å²) in [6.45, 7) is 13.5. The van der Waals surface area contributed by atoms with E-state index in [-0.39, 0.29) is 17.1 Å². The molecule has 1 aromatic heterocycles. The molecule has 0 aliphatic rings. The van der Waals surface area contributed by atoms with Crippen LogP contribution in [0.2, 0.25) is 16.6 Å². The zero-order chi connectivity index (χ0) is 15.1. The first-order chi connectivity index (χ1) is 8.78. The van der Waals surface area contributed by atoms with Crippen molar-refractivity contribution in [3.63, 3.8) is 0 Å². The summed E-state index contributed by atoms with van der Waals surface area (Å²) in [4.78, 5) is 3.78. The van der Waals surface area contributed by atoms with Crippen molar-refractivity contribution in [3.8, 4) is 5.54 Å². The third-order valence-electron chi connectivity index (χ3n) is 3.65. The first kappa shape index (κ1) is 22.2. The van der Waals surface area contributed by atoms with Crippen molar-refractivity contribution in [1.29, 1.82) is 0 Å². The van der Waals surface area contributed by atoms with Crippen LogP contribution in [-0.2, 0) is 17.1 Å². The van der Waals surface area contributed by atoms with E-state index in [9.17, 15) is 0 Å². The van der Waals surface area contributed by atoms with Crippen LogP contribution in [-0.4, -0.2) is 13.1 Å². The van der Waals surface area contributed by atoms with E-state index in [2.05, 4.69) is 74.1 Å². The number of hydrogen-bond donors (Lipinski definition) is 0. The summed E-state index contributed by atoms with van der Waals surface area (Å²) in [5.41, 5.74) is 4.81. The van der Waals surface area contributed by atoms with Crippen molar-refractivity contribution in [1.82, 2.24) is 4.98 Å². The molecule has 0 fully saturated rings. The Bertz CT molecular complexity index is 377. The minimum absolute atomic E-state index is 0. The van der Waals surface area contributed by atoms with Crippen molar-refractivity contribution in [2.75, 3.05) is 0 Å². The van der Waals surface area contributed by atoms with Crippen LogP contribution in [0.5, 0.6) is 0 Å². The third kappa shape index (κ3) is 6.14. The number of rotatable bonds is 3. The summed E-state index contributed by atoms with van der Waals surface area (Å²) in [5.74, 6) is 0. The maximum Gasteiger partial charge on any atom is 2.00 e. The molecular weight excluding hydrogens is 378 g/mol. The first-order valence-corrected chi connectivity index (χ1v) is 9.72. The molecule has 4 heteroatoms. The molecule has 0 amide bonds. The van der Waals surface area contributed by atoms with E-state index in [4.69, 9.17) is 6.42 Å². The monoisotopic (exact) mass is 400 g/mol. The van der Waals surface area contributed by atoms with Crippen LogP contribution < -0.4 is 0 Å². The summed E-state index contributed by atoms with van der Waals surface area (Å²) < 4.78 is 0.968. The van der Waals surface area contributed by atoms with Crippen LogP contribution in [0.25, 0.3) is 0 Å². The predicted molar refractivity (Wildman–Crippen MR) is 89.0 cm³/mol. The van der Waals surface area contributed by atoms with Gasteiger partial charge in [0.05, 0.1) is 8.07 Å². The van der Waals surface area contributed by atoms with E-state index < -0.39 is 8.07 Å². The van der Waals surface area contributed by atoms with Crippen LogP contribution in [0.3, 0.4) is 0 Å². The van der Waals surface area contributed by atoms with Gasteiger partial charge in [0, 0.05) is 0 Å². The Hall–Kier alpha value is -0.0736. The molecule has 0 N–H and O–H groups in total. The molecule has 0 unspecified atom stereocenters. The third-order valence-corrected chi connectivity index (χ3v) is 10.2. The van der Waals surface area contributed by atoms with Gasteiger partial charge in [-0.2, -0.15) is 15.9 Å². The van der Waals surface area contributed by atoms with Gasteiger partial charge in [0.25, 0.3) is 0 Å². The van der Waals surface area contributed by atoms with E-state index >= 15 is 0 Å². The zero-order valence-electron chi connectivity index (χ0n) is 13.1. The Morgan fingerprint density at radius 3 is 1.70 bits per heavy atom. The Kier molecular flexibility index (Phi) is 11.8. The predicted octanol–water partition coefficient (Wildman–Crippen LogP) is 5.44. The quantitative estimate of drug-likeness (QED) is 0.373. The van der Waals surface area contributed by atoms with Gasteiger partial charge < -0.3 is 17.0 Å². The topological polar surface area (TPSA) is 12.9 Å². The van der Waals surface area contributed by atoms with E-state index in [0.29, 0.717) is 16.6 Å². The molecule has 20 heavy (non-hydrogen) atoms. The van der Waals surface area contributed by atoms with Crippen LogP contribution >= 0.6 is 15.9 Å². The fourth-order valence-corrected chi connectivity index (χ4v) is 7.86. The first-order valence-electron chi connectivity index (χ1n) is 6.69. The normalized spacial score (nSPS) is 10.7. The number of hydrogen-bond acceptors (Lipinski definition) is 1. The molecule has 1 radical (unpaired) electrons. The van der Waals surface area contributed by atoms with Crippen LogP contribution in [0.15, 0.2) is 22.9 Å². The second kappa shape index (κ2) is 10.6. The van der Waals surface area contributed by atoms with E-state index in [1.807, 2.05) is 6.07 Å². The average molecular weight is 402 g/mol. The Morgan fingerprint density at radius 1 is 1.15 bits per heavy atom. The Labute approximate surface area is 145 Å². The fourth-order valence-electron chi connectivity index (χ4n) is 2.74. The molecule has 1 aromatic rings. The Balaban J connectivity index is 0. The van der Waals surface area contributed by atoms with Crippen molar-refractivity contribution in [2.24, 2.45) is 0 Å². The van der Waals surface area contributed by atoms with Crippen molar-refractivity contribution < 1.29 is 17.1 Å². The molecule has 0 aromatic carbocycles. The molecule has 115 valence electrons. The number of nitrogens with zero attached hydrogens (tertiary/aromatic N) is 1. The van der Waals surface area contributed by atoms with Crippen LogP contribution in [0, 0.1) is 18.0 Å². The molecule has 0 aliphatic heterocycles. The minimum Gasteiger partial charge on any atom is -0.701 e. The van der Waals surface area contributed by atoms with Crippen LogP contribution in [0.4, 0.5) is 0 Å². The molecule has 0 bridgehead atoms. The van der Waals surface area contributed by atoms with Crippen molar-refractivity contribution in [3.05, 3.63) is 35.4 Å². The molecule has 1 heterocycles. The fraction of sp³-hybridized carbons (Fsp3) is 0.562. The van der Waals surface area contributed by atoms with Gasteiger partial charge in [-0.15, -0.1) is 4.47 Å². The van der Waals surface area contributed by atoms with Gasteiger partial charge in [-0.1, -0.05) is 47.7 Å². The zero-order valence-corrected chi connectivity index (χ0v) is 16.6. The second-order valence-electron chi connectivity index (χ2n) is 5.63. The average Bonchev–Trinajstić information content (AvgIpc) is 2.30. The second-order valence-corrected chi connectivity index (χ2v) is 12.1. The minimum atomic E-state index is -1.58. The van der Waals surface area contributed by atoms with Gasteiger partial charge in [-0.25, -0.2) is 12.1 Å². The van der Waals surface area contributed by atoms with Gasteiger partial charge in [-0.05, 0) is 22.8 Å². The molecule has 1 nitrogen and oxygen atoms in total. The van der Waals surface area contributed by atoms with Gasteiger partial charge >= 0.3 is 17.1 Å². The van der Waals surface area contributed by atoms with E-state index in [1.54, 1.807) is 12.4 Å². The number of halogens is 1. The van der Waals surface area contributed by atoms with Gasteiger partial charge in [-0.3, -0.25) is 0 Å². The summed E-state index contributed by atoms with van der Waals surface area (Å²) in [6, 6.07) is 4.62. The summed E-state index contributed by atoms with van der Waals surface area (Å²) in [7, 11) is -1.58. The number of pyridine rings is 1. The summed E-state index contributed by atoms with van der Waals surface area (Å²) in [5, 5.41) is 0. The largest absolute Gasteiger partial charge is 2.00 e. The standard InChI is InChI=1S/C11H21Si.C5H3BrN.Cu/c1-8-12(9(2)3,10(4)5)11(6)7;6-5-2-1-3-7-4-5;/h9-11H,2-7H3;2-4H;/q2*-1;+2. The summed E-state index contributed by atoms with van der Waals surface area (Å²) in [6.07, 6.45) is 10.8. The molecule has 0 aliphatic carbocycles. The van der Waals surface area contributed by atoms with Crippen molar-refractivity contribution >= 4 is 24.0 Å². The van der Waals surface area contributed by atoms with Gasteiger partial charge in [0.2, 0.25) is 0 Å². The molecule has 0 atom stereocenters. The molecule has 0 spiro atoms. The van der Waals surface area contributed by atoms with Crippen molar-refractivity contribution in [2.45, 2.75) is 58.2 Å². The smallest absolute Gasteiger partial charge is 0.701 e. The van der Waals surface area contributed by atoms with Gasteiger partial charge in [0.15, 0.2) is 0 Å². The van der Waals surface area contributed by atoms with E-state index in [1.165, 1.54) is 0 Å². The maximum absolute atomic E-state index is 7.51. The van der Waals surface area contributed by atoms with Crippen LogP contribution in [0.1, 0.15) is 41.5 Å². The maximum atomic E-state index is 7.51. The van der Waals surface area contributed by atoms with Gasteiger partial charge in [0.1, 0.15) is 0 Å². The molecule has 1 rings (SSSR count). The SMILES string of the molecule is Brc1c[c-]cnc1.[C-]#C[Si](C(C)C)(C(C)C)C(C)C.[Cu+2]. The Morgan fingerprint density at radius 2 is 1.60 bits per heavy atom. The molecule has 0 saturated heterocycles.